The minimum Gasteiger partial charge on any atom is -0.316 e. The van der Waals surface area contributed by atoms with Crippen molar-refractivity contribution in [3.8, 4) is 0 Å². The molecule has 0 radical (unpaired) electrons. The second-order valence-corrected chi connectivity index (χ2v) is 9.00. The molecule has 2 aromatic heterocycles. The van der Waals surface area contributed by atoms with Gasteiger partial charge in [0.15, 0.2) is 5.82 Å². The SMILES string of the molecule is Cl.Cl.c1cnn(Cc2nnc(C3CCN(CC4[C@H]5CNC[C@@H]45)CC3)n2C2CC2)c1. The van der Waals surface area contributed by atoms with Crippen molar-refractivity contribution >= 4 is 24.8 Å². The van der Waals surface area contributed by atoms with Gasteiger partial charge in [0, 0.05) is 30.9 Å². The van der Waals surface area contributed by atoms with Gasteiger partial charge in [0.05, 0.1) is 0 Å². The summed E-state index contributed by atoms with van der Waals surface area (Å²) in [5.74, 6) is 5.82. The molecule has 4 aliphatic rings. The molecule has 1 N–H and O–H groups in total. The normalized spacial score (nSPS) is 29.2. The number of piperidine rings is 2. The fourth-order valence-corrected chi connectivity index (χ4v) is 5.48. The standard InChI is InChI=1S/C20H29N7.2ClH/c1-6-22-26(7-1)13-19-23-24-20(27(19)15-2-3-15)14-4-8-25(9-5-14)12-18-16-10-21-11-17(16)18;;/h1,6-7,14-18,21H,2-5,8-13H2;2*1H/t16-,17+,18?;;. The van der Waals surface area contributed by atoms with Crippen molar-refractivity contribution in [3.05, 3.63) is 30.1 Å². The maximum absolute atomic E-state index is 4.67. The fraction of sp³-hybridized carbons (Fsp3) is 0.750. The number of likely N-dealkylation sites (tertiary alicyclic amines) is 1. The zero-order valence-electron chi connectivity index (χ0n) is 16.7. The number of hydrogen-bond acceptors (Lipinski definition) is 5. The number of halogens is 2. The van der Waals surface area contributed by atoms with Crippen molar-refractivity contribution in [1.29, 1.82) is 0 Å². The first-order valence-corrected chi connectivity index (χ1v) is 10.7. The van der Waals surface area contributed by atoms with Crippen LogP contribution in [0.2, 0.25) is 0 Å². The molecule has 2 aliphatic heterocycles. The number of rotatable bonds is 6. The van der Waals surface area contributed by atoms with Gasteiger partial charge in [-0.3, -0.25) is 4.68 Å². The molecule has 3 atom stereocenters. The predicted octanol–water partition coefficient (Wildman–Crippen LogP) is 2.35. The number of nitrogens with one attached hydrogen (secondary N) is 1. The van der Waals surface area contributed by atoms with Gasteiger partial charge in [0.2, 0.25) is 0 Å². The Balaban J connectivity index is 0.00000102. The van der Waals surface area contributed by atoms with Gasteiger partial charge in [-0.15, -0.1) is 35.0 Å². The van der Waals surface area contributed by atoms with E-state index in [9.17, 15) is 0 Å². The van der Waals surface area contributed by atoms with E-state index in [0.29, 0.717) is 12.0 Å². The van der Waals surface area contributed by atoms with Crippen LogP contribution in [0.3, 0.4) is 0 Å². The van der Waals surface area contributed by atoms with Crippen LogP contribution in [0.4, 0.5) is 0 Å². The van der Waals surface area contributed by atoms with Gasteiger partial charge in [-0.1, -0.05) is 0 Å². The largest absolute Gasteiger partial charge is 0.316 e. The van der Waals surface area contributed by atoms with Crippen molar-refractivity contribution in [1.82, 2.24) is 34.8 Å². The first-order valence-electron chi connectivity index (χ1n) is 10.7. The fourth-order valence-electron chi connectivity index (χ4n) is 5.48. The molecule has 29 heavy (non-hydrogen) atoms. The molecule has 0 aromatic carbocycles. The summed E-state index contributed by atoms with van der Waals surface area (Å²) in [5, 5.41) is 17.1. The quantitative estimate of drug-likeness (QED) is 0.747. The summed E-state index contributed by atoms with van der Waals surface area (Å²) >= 11 is 0. The highest BCUT2D eigenvalue weighted by molar-refractivity contribution is 5.85. The Labute approximate surface area is 184 Å². The Morgan fingerprint density at radius 1 is 1.00 bits per heavy atom. The van der Waals surface area contributed by atoms with E-state index in [-0.39, 0.29) is 24.8 Å². The third kappa shape index (κ3) is 4.07. The molecule has 0 amide bonds. The van der Waals surface area contributed by atoms with Crippen LogP contribution >= 0.6 is 24.8 Å². The van der Waals surface area contributed by atoms with E-state index in [0.717, 1.165) is 30.1 Å². The molecular weight excluding hydrogens is 409 g/mol. The molecule has 160 valence electrons. The van der Waals surface area contributed by atoms with E-state index in [1.807, 2.05) is 23.1 Å². The van der Waals surface area contributed by atoms with E-state index in [2.05, 4.69) is 30.1 Å². The van der Waals surface area contributed by atoms with Gasteiger partial charge < -0.3 is 14.8 Å². The van der Waals surface area contributed by atoms with Gasteiger partial charge in [0.25, 0.3) is 0 Å². The van der Waals surface area contributed by atoms with Crippen LogP contribution in [0, 0.1) is 17.8 Å². The van der Waals surface area contributed by atoms with Gasteiger partial charge in [-0.2, -0.15) is 5.10 Å². The van der Waals surface area contributed by atoms with Gasteiger partial charge in [-0.25, -0.2) is 0 Å². The molecule has 6 rings (SSSR count). The maximum atomic E-state index is 4.67. The summed E-state index contributed by atoms with van der Waals surface area (Å²) in [6, 6.07) is 2.59. The van der Waals surface area contributed by atoms with E-state index in [4.69, 9.17) is 0 Å². The summed E-state index contributed by atoms with van der Waals surface area (Å²) in [6.07, 6.45) is 8.84. The van der Waals surface area contributed by atoms with Crippen LogP contribution in [-0.2, 0) is 6.54 Å². The Bertz CT molecular complexity index is 786. The third-order valence-electron chi connectivity index (χ3n) is 7.26. The van der Waals surface area contributed by atoms with Crippen molar-refractivity contribution < 1.29 is 0 Å². The summed E-state index contributed by atoms with van der Waals surface area (Å²) < 4.78 is 4.41. The van der Waals surface area contributed by atoms with Crippen molar-refractivity contribution in [2.24, 2.45) is 17.8 Å². The number of nitrogens with zero attached hydrogens (tertiary/aromatic N) is 6. The zero-order chi connectivity index (χ0) is 17.8. The van der Waals surface area contributed by atoms with Crippen LogP contribution < -0.4 is 5.32 Å². The molecule has 0 bridgehead atoms. The lowest BCUT2D eigenvalue weighted by atomic mass is 9.95. The smallest absolute Gasteiger partial charge is 0.155 e. The van der Waals surface area contributed by atoms with Crippen LogP contribution in [0.15, 0.2) is 18.5 Å². The van der Waals surface area contributed by atoms with Crippen LogP contribution in [0.1, 0.15) is 49.3 Å². The highest BCUT2D eigenvalue weighted by atomic mass is 35.5. The van der Waals surface area contributed by atoms with Crippen molar-refractivity contribution in [2.75, 3.05) is 32.7 Å². The van der Waals surface area contributed by atoms with Gasteiger partial charge in [0.1, 0.15) is 12.4 Å². The van der Waals surface area contributed by atoms with E-state index >= 15 is 0 Å². The molecular formula is C20H31Cl2N7. The highest BCUT2D eigenvalue weighted by Gasteiger charge is 2.53. The van der Waals surface area contributed by atoms with Crippen LogP contribution in [-0.4, -0.2) is 62.2 Å². The molecule has 2 saturated heterocycles. The second kappa shape index (κ2) is 8.53. The van der Waals surface area contributed by atoms with Gasteiger partial charge in [-0.05, 0) is 75.7 Å². The number of aromatic nitrogens is 5. The first-order chi connectivity index (χ1) is 13.4. The van der Waals surface area contributed by atoms with E-state index < -0.39 is 0 Å². The van der Waals surface area contributed by atoms with Crippen molar-refractivity contribution in [3.63, 3.8) is 0 Å². The monoisotopic (exact) mass is 439 g/mol. The molecule has 0 spiro atoms. The summed E-state index contributed by atoms with van der Waals surface area (Å²) in [7, 11) is 0. The summed E-state index contributed by atoms with van der Waals surface area (Å²) in [4.78, 5) is 2.71. The predicted molar refractivity (Wildman–Crippen MR) is 116 cm³/mol. The summed E-state index contributed by atoms with van der Waals surface area (Å²) in [6.45, 7) is 7.02. The molecule has 2 aromatic rings. The Hall–Kier alpha value is -1.15. The van der Waals surface area contributed by atoms with Crippen LogP contribution in [0.25, 0.3) is 0 Å². The number of hydrogen-bond donors (Lipinski definition) is 1. The maximum Gasteiger partial charge on any atom is 0.155 e. The van der Waals surface area contributed by atoms with Crippen LogP contribution in [0.5, 0.6) is 0 Å². The topological polar surface area (TPSA) is 63.8 Å². The molecule has 9 heteroatoms. The average Bonchev–Trinajstić information content (AvgIpc) is 3.39. The lowest BCUT2D eigenvalue weighted by Crippen LogP contribution is -2.36. The lowest BCUT2D eigenvalue weighted by molar-refractivity contribution is 0.193. The molecule has 4 fully saturated rings. The third-order valence-corrected chi connectivity index (χ3v) is 7.26. The lowest BCUT2D eigenvalue weighted by Gasteiger charge is -2.32. The van der Waals surface area contributed by atoms with Gasteiger partial charge >= 0.3 is 0 Å². The highest BCUT2D eigenvalue weighted by Crippen LogP contribution is 2.49. The van der Waals surface area contributed by atoms with Crippen molar-refractivity contribution in [2.45, 2.75) is 44.2 Å². The molecule has 7 nitrogen and oxygen atoms in total. The first kappa shape index (κ1) is 21.1. The molecule has 1 unspecified atom stereocenters. The number of fused-ring (bicyclic) bond motifs is 1. The second-order valence-electron chi connectivity index (χ2n) is 9.00. The van der Waals surface area contributed by atoms with E-state index in [1.54, 1.807) is 0 Å². The minimum atomic E-state index is 0. The zero-order valence-corrected chi connectivity index (χ0v) is 18.3. The molecule has 4 heterocycles. The molecule has 2 saturated carbocycles. The molecule has 2 aliphatic carbocycles. The summed E-state index contributed by atoms with van der Waals surface area (Å²) in [5.41, 5.74) is 0. The Kier molecular flexibility index (Phi) is 6.21. The van der Waals surface area contributed by atoms with E-state index in [1.165, 1.54) is 64.2 Å². The Morgan fingerprint density at radius 3 is 2.41 bits per heavy atom. The Morgan fingerprint density at radius 2 is 1.76 bits per heavy atom. The average molecular weight is 440 g/mol. The minimum absolute atomic E-state index is 0.